The smallest absolute Gasteiger partial charge is 0.304 e. The number of rotatable bonds is 4. The van der Waals surface area contributed by atoms with Gasteiger partial charge in [0.1, 0.15) is 17.5 Å². The number of aromatic amines is 1. The molecule has 2 aromatic rings. The molecule has 0 aliphatic rings. The van der Waals surface area contributed by atoms with E-state index < -0.39 is 23.5 Å². The Morgan fingerprint density at radius 1 is 1.44 bits per heavy atom. The van der Waals surface area contributed by atoms with Crippen molar-refractivity contribution in [2.24, 2.45) is 0 Å². The van der Waals surface area contributed by atoms with Crippen molar-refractivity contribution < 1.29 is 18.7 Å². The summed E-state index contributed by atoms with van der Waals surface area (Å²) in [5.41, 5.74) is -0.0210. The zero-order valence-electron chi connectivity index (χ0n) is 9.23. The maximum Gasteiger partial charge on any atom is 0.304 e. The summed E-state index contributed by atoms with van der Waals surface area (Å²) in [7, 11) is 0. The third kappa shape index (κ3) is 2.53. The second-order valence-corrected chi connectivity index (χ2v) is 3.79. The number of nitrogens with one attached hydrogen (secondary N) is 1. The molecule has 0 fully saturated rings. The molecule has 2 rings (SSSR count). The lowest BCUT2D eigenvalue weighted by atomic mass is 9.94. The number of nitrogens with zero attached hydrogens (tertiary/aromatic N) is 1. The van der Waals surface area contributed by atoms with Gasteiger partial charge in [0, 0.05) is 18.0 Å². The van der Waals surface area contributed by atoms with Crippen molar-refractivity contribution in [1.82, 2.24) is 9.97 Å². The Labute approximate surface area is 101 Å². The summed E-state index contributed by atoms with van der Waals surface area (Å²) in [6.45, 7) is 0. The van der Waals surface area contributed by atoms with Gasteiger partial charge in [-0.25, -0.2) is 13.8 Å². The Kier molecular flexibility index (Phi) is 3.36. The van der Waals surface area contributed by atoms with Crippen LogP contribution in [-0.2, 0) is 4.79 Å². The Bertz CT molecular complexity index is 555. The van der Waals surface area contributed by atoms with E-state index in [0.717, 1.165) is 18.2 Å². The number of aliphatic carboxylic acids is 1. The van der Waals surface area contributed by atoms with Crippen LogP contribution in [0.25, 0.3) is 0 Å². The van der Waals surface area contributed by atoms with Crippen molar-refractivity contribution in [1.29, 1.82) is 0 Å². The predicted octanol–water partition coefficient (Wildman–Crippen LogP) is 2.29. The fraction of sp³-hybridized carbons (Fsp3) is 0.167. The summed E-state index contributed by atoms with van der Waals surface area (Å²) < 4.78 is 26.8. The van der Waals surface area contributed by atoms with Crippen molar-refractivity contribution in [2.75, 3.05) is 0 Å². The molecule has 1 aromatic heterocycles. The maximum absolute atomic E-state index is 13.7. The molecule has 0 saturated carbocycles. The van der Waals surface area contributed by atoms with Crippen molar-refractivity contribution >= 4 is 5.97 Å². The van der Waals surface area contributed by atoms with Crippen LogP contribution in [-0.4, -0.2) is 21.0 Å². The van der Waals surface area contributed by atoms with E-state index >= 15 is 0 Å². The first-order valence-corrected chi connectivity index (χ1v) is 5.24. The second-order valence-electron chi connectivity index (χ2n) is 3.79. The highest BCUT2D eigenvalue weighted by Crippen LogP contribution is 2.28. The summed E-state index contributed by atoms with van der Waals surface area (Å²) in [4.78, 5) is 17.4. The maximum atomic E-state index is 13.7. The van der Waals surface area contributed by atoms with E-state index in [1.165, 1.54) is 12.4 Å². The average Bonchev–Trinajstić information content (AvgIpc) is 2.82. The molecule has 18 heavy (non-hydrogen) atoms. The topological polar surface area (TPSA) is 66.0 Å². The van der Waals surface area contributed by atoms with Crippen LogP contribution in [0.1, 0.15) is 23.7 Å². The monoisotopic (exact) mass is 252 g/mol. The minimum Gasteiger partial charge on any atom is -0.481 e. The fourth-order valence-corrected chi connectivity index (χ4v) is 1.78. The molecule has 0 saturated heterocycles. The second kappa shape index (κ2) is 4.95. The van der Waals surface area contributed by atoms with Gasteiger partial charge < -0.3 is 10.1 Å². The van der Waals surface area contributed by atoms with Gasteiger partial charge in [-0.1, -0.05) is 0 Å². The Morgan fingerprint density at radius 2 is 2.22 bits per heavy atom. The zero-order valence-corrected chi connectivity index (χ0v) is 9.23. The van der Waals surface area contributed by atoms with Crippen LogP contribution in [0, 0.1) is 11.6 Å². The molecule has 0 bridgehead atoms. The van der Waals surface area contributed by atoms with Crippen LogP contribution in [0.2, 0.25) is 0 Å². The largest absolute Gasteiger partial charge is 0.481 e. The van der Waals surface area contributed by atoms with Crippen molar-refractivity contribution in [2.45, 2.75) is 12.3 Å². The van der Waals surface area contributed by atoms with E-state index in [4.69, 9.17) is 5.11 Å². The highest BCUT2D eigenvalue weighted by molar-refractivity contribution is 5.68. The molecule has 4 nitrogen and oxygen atoms in total. The molecule has 0 radical (unpaired) electrons. The number of H-pyrrole nitrogens is 1. The number of benzene rings is 1. The molecule has 1 heterocycles. The highest BCUT2D eigenvalue weighted by Gasteiger charge is 2.23. The standard InChI is InChI=1S/C12H10F2N2O2/c13-7-1-2-10(14)8(5-7)9(6-11(17)18)12-15-3-4-16-12/h1-5,9H,6H2,(H,15,16)(H,17,18). The Balaban J connectivity index is 2.46. The normalized spacial score (nSPS) is 12.3. The summed E-state index contributed by atoms with van der Waals surface area (Å²) in [6.07, 6.45) is 2.57. The van der Waals surface area contributed by atoms with Gasteiger partial charge in [0.25, 0.3) is 0 Å². The molecule has 1 unspecified atom stereocenters. The Morgan fingerprint density at radius 3 is 2.83 bits per heavy atom. The molecule has 2 N–H and O–H groups in total. The van der Waals surface area contributed by atoms with Crippen LogP contribution >= 0.6 is 0 Å². The van der Waals surface area contributed by atoms with E-state index in [9.17, 15) is 13.6 Å². The van der Waals surface area contributed by atoms with Crippen molar-refractivity contribution in [3.05, 3.63) is 53.6 Å². The predicted molar refractivity (Wildman–Crippen MR) is 59.0 cm³/mol. The van der Waals surface area contributed by atoms with E-state index in [1.807, 2.05) is 0 Å². The van der Waals surface area contributed by atoms with Gasteiger partial charge in [0.15, 0.2) is 0 Å². The zero-order chi connectivity index (χ0) is 13.1. The van der Waals surface area contributed by atoms with E-state index in [1.54, 1.807) is 0 Å². The van der Waals surface area contributed by atoms with Crippen molar-refractivity contribution in [3.63, 3.8) is 0 Å². The number of carbonyl (C=O) groups is 1. The van der Waals surface area contributed by atoms with Crippen LogP contribution in [0.15, 0.2) is 30.6 Å². The third-order valence-electron chi connectivity index (χ3n) is 2.56. The van der Waals surface area contributed by atoms with Gasteiger partial charge in [-0.2, -0.15) is 0 Å². The lowest BCUT2D eigenvalue weighted by Gasteiger charge is -2.13. The van der Waals surface area contributed by atoms with Crippen LogP contribution < -0.4 is 0 Å². The van der Waals surface area contributed by atoms with Crippen LogP contribution in [0.5, 0.6) is 0 Å². The number of hydrogen-bond acceptors (Lipinski definition) is 2. The number of carboxylic acid groups (broad SMARTS) is 1. The quantitative estimate of drug-likeness (QED) is 0.877. The van der Waals surface area contributed by atoms with E-state index in [2.05, 4.69) is 9.97 Å². The van der Waals surface area contributed by atoms with Gasteiger partial charge in [-0.05, 0) is 18.2 Å². The first-order chi connectivity index (χ1) is 8.58. The summed E-state index contributed by atoms with van der Waals surface area (Å²) in [5, 5.41) is 8.85. The highest BCUT2D eigenvalue weighted by atomic mass is 19.1. The minimum absolute atomic E-state index is 0.0210. The fourth-order valence-electron chi connectivity index (χ4n) is 1.78. The molecule has 1 atom stereocenters. The lowest BCUT2D eigenvalue weighted by molar-refractivity contribution is -0.137. The summed E-state index contributed by atoms with van der Waals surface area (Å²) in [5.74, 6) is -2.93. The first-order valence-electron chi connectivity index (χ1n) is 5.24. The molecule has 0 aliphatic heterocycles. The van der Waals surface area contributed by atoms with Gasteiger partial charge in [-0.3, -0.25) is 4.79 Å². The van der Waals surface area contributed by atoms with E-state index in [-0.39, 0.29) is 12.0 Å². The molecule has 1 aromatic carbocycles. The van der Waals surface area contributed by atoms with Gasteiger partial charge >= 0.3 is 5.97 Å². The number of carboxylic acids is 1. The lowest BCUT2D eigenvalue weighted by Crippen LogP contribution is -2.11. The summed E-state index contributed by atoms with van der Waals surface area (Å²) >= 11 is 0. The molecular weight excluding hydrogens is 242 g/mol. The molecule has 0 spiro atoms. The first kappa shape index (κ1) is 12.2. The molecule has 6 heteroatoms. The van der Waals surface area contributed by atoms with Gasteiger partial charge in [0.2, 0.25) is 0 Å². The molecular formula is C12H10F2N2O2. The third-order valence-corrected chi connectivity index (χ3v) is 2.56. The van der Waals surface area contributed by atoms with Crippen LogP contribution in [0.3, 0.4) is 0 Å². The molecule has 94 valence electrons. The van der Waals surface area contributed by atoms with Crippen LogP contribution in [0.4, 0.5) is 8.78 Å². The Hall–Kier alpha value is -2.24. The van der Waals surface area contributed by atoms with Crippen molar-refractivity contribution in [3.8, 4) is 0 Å². The number of halogens is 2. The van der Waals surface area contributed by atoms with Gasteiger partial charge in [0.05, 0.1) is 12.3 Å². The SMILES string of the molecule is O=C(O)CC(c1ncc[nH]1)c1cc(F)ccc1F. The summed E-state index contributed by atoms with van der Waals surface area (Å²) in [6, 6.07) is 2.95. The van der Waals surface area contributed by atoms with E-state index in [0.29, 0.717) is 5.82 Å². The number of hydrogen-bond donors (Lipinski definition) is 2. The molecule has 0 aliphatic carbocycles. The molecule has 0 amide bonds. The average molecular weight is 252 g/mol. The number of aromatic nitrogens is 2. The minimum atomic E-state index is -1.11. The number of imidazole rings is 1. The van der Waals surface area contributed by atoms with Gasteiger partial charge in [-0.15, -0.1) is 0 Å².